The van der Waals surface area contributed by atoms with Crippen molar-refractivity contribution >= 4 is 17.9 Å². The first-order valence-electron chi connectivity index (χ1n) is 13.0. The summed E-state index contributed by atoms with van der Waals surface area (Å²) in [7, 11) is 0. The van der Waals surface area contributed by atoms with E-state index < -0.39 is 46.5 Å². The summed E-state index contributed by atoms with van der Waals surface area (Å²) in [6.45, 7) is 6.44. The van der Waals surface area contributed by atoms with Gasteiger partial charge in [-0.2, -0.15) is 0 Å². The van der Waals surface area contributed by atoms with Gasteiger partial charge in [-0.3, -0.25) is 4.79 Å². The normalized spacial score (nSPS) is 46.4. The van der Waals surface area contributed by atoms with E-state index in [4.69, 9.17) is 23.7 Å². The van der Waals surface area contributed by atoms with Crippen LogP contribution in [0.4, 0.5) is 0 Å². The van der Waals surface area contributed by atoms with E-state index in [1.807, 2.05) is 0 Å². The fourth-order valence-corrected chi connectivity index (χ4v) is 6.80. The van der Waals surface area contributed by atoms with Gasteiger partial charge < -0.3 is 28.8 Å². The van der Waals surface area contributed by atoms with Crippen LogP contribution in [0.2, 0.25) is 0 Å². The van der Waals surface area contributed by atoms with Crippen LogP contribution in [-0.4, -0.2) is 72.9 Å². The summed E-state index contributed by atoms with van der Waals surface area (Å²) in [5, 5.41) is 10.6. The second-order valence-electron chi connectivity index (χ2n) is 11.2. The Labute approximate surface area is 211 Å². The molecule has 5 rings (SSSR count). The van der Waals surface area contributed by atoms with E-state index in [0.717, 1.165) is 6.42 Å². The molecule has 9 heteroatoms. The number of rotatable bonds is 0. The number of hydrogen-bond acceptors (Lipinski definition) is 9. The van der Waals surface area contributed by atoms with Gasteiger partial charge >= 0.3 is 17.9 Å². The van der Waals surface area contributed by atoms with Crippen molar-refractivity contribution in [3.63, 3.8) is 0 Å². The van der Waals surface area contributed by atoms with Crippen LogP contribution >= 0.6 is 0 Å². The average molecular weight is 505 g/mol. The summed E-state index contributed by atoms with van der Waals surface area (Å²) in [5.41, 5.74) is -0.727. The van der Waals surface area contributed by atoms with Crippen molar-refractivity contribution in [2.45, 2.75) is 89.3 Å². The number of aliphatic hydroxyl groups excluding tert-OH is 1. The third kappa shape index (κ3) is 3.90. The van der Waals surface area contributed by atoms with Crippen LogP contribution < -0.4 is 0 Å². The standard InChI is InChI=1S/C27H36O9/c1-16-8-10-26-14-33-24(31)23(30)17(2)9-11-32-21(28)6-4-5-7-22(29)36-18-13-20(35-19(26)12-16)27(15-34-27)25(18,26)3/h4,6,12,17-20,23,30H,5,7-11,13-15H2,1-3H3/b6-4+/t17-,18-,19-,20-,23+,25-,26-,27+/m1/s1. The highest BCUT2D eigenvalue weighted by molar-refractivity contribution is 5.82. The predicted octanol–water partition coefficient (Wildman–Crippen LogP) is 2.39. The molecule has 0 aromatic rings. The summed E-state index contributed by atoms with van der Waals surface area (Å²) < 4.78 is 29.7. The van der Waals surface area contributed by atoms with Crippen LogP contribution in [0.15, 0.2) is 23.8 Å². The molecule has 2 aliphatic carbocycles. The van der Waals surface area contributed by atoms with Gasteiger partial charge in [0.1, 0.15) is 18.3 Å². The number of aliphatic hydroxyl groups is 1. The Morgan fingerprint density at radius 3 is 2.61 bits per heavy atom. The van der Waals surface area contributed by atoms with E-state index in [0.29, 0.717) is 32.3 Å². The highest BCUT2D eigenvalue weighted by atomic mass is 16.6. The highest BCUT2D eigenvalue weighted by Gasteiger charge is 2.83. The first-order valence-corrected chi connectivity index (χ1v) is 13.0. The molecule has 2 bridgehead atoms. The van der Waals surface area contributed by atoms with Crippen LogP contribution in [0.3, 0.4) is 0 Å². The largest absolute Gasteiger partial charge is 0.463 e. The zero-order chi connectivity index (χ0) is 25.7. The van der Waals surface area contributed by atoms with Gasteiger partial charge in [0, 0.05) is 24.3 Å². The lowest BCUT2D eigenvalue weighted by molar-refractivity contribution is -0.235. The van der Waals surface area contributed by atoms with Crippen molar-refractivity contribution < 1.29 is 43.2 Å². The van der Waals surface area contributed by atoms with Crippen molar-refractivity contribution in [1.82, 2.24) is 0 Å². The van der Waals surface area contributed by atoms with Crippen LogP contribution in [0.1, 0.15) is 59.3 Å². The Morgan fingerprint density at radius 1 is 1.08 bits per heavy atom. The molecule has 0 radical (unpaired) electrons. The number of cyclic esters (lactones) is 2. The molecule has 9 nitrogen and oxygen atoms in total. The number of esters is 3. The quantitative estimate of drug-likeness (QED) is 0.229. The molecule has 3 aliphatic heterocycles. The van der Waals surface area contributed by atoms with Crippen molar-refractivity contribution in [3.8, 4) is 0 Å². The van der Waals surface area contributed by atoms with E-state index in [-0.39, 0.29) is 37.8 Å². The monoisotopic (exact) mass is 504 g/mol. The van der Waals surface area contributed by atoms with Crippen molar-refractivity contribution in [3.05, 3.63) is 23.8 Å². The molecular weight excluding hydrogens is 468 g/mol. The molecule has 5 aliphatic rings. The smallest absolute Gasteiger partial charge is 0.335 e. The SMILES string of the molecule is CC1=C[C@H]2O[C@@H]3C[C@H]4OC(=O)CC/C=C/C(=O)OCC[C@@H](C)[C@H](O)C(=O)OC[C@@]2(CC1)[C@]4(C)[C@]31CO1. The molecule has 2 spiro atoms. The fraction of sp³-hybridized carbons (Fsp3) is 0.741. The first-order chi connectivity index (χ1) is 17.1. The zero-order valence-electron chi connectivity index (χ0n) is 21.2. The molecular formula is C27H36O9. The number of allylic oxidation sites excluding steroid dienone is 2. The maximum absolute atomic E-state index is 13.0. The molecule has 2 saturated heterocycles. The van der Waals surface area contributed by atoms with E-state index in [1.165, 1.54) is 11.6 Å². The lowest BCUT2D eigenvalue weighted by atomic mass is 9.51. The van der Waals surface area contributed by atoms with E-state index in [2.05, 4.69) is 19.9 Å². The minimum atomic E-state index is -1.36. The van der Waals surface area contributed by atoms with Gasteiger partial charge in [0.15, 0.2) is 6.10 Å². The lowest BCUT2D eigenvalue weighted by Crippen LogP contribution is -2.67. The molecule has 0 amide bonds. The van der Waals surface area contributed by atoms with Crippen LogP contribution in [0.25, 0.3) is 0 Å². The van der Waals surface area contributed by atoms with Crippen LogP contribution in [-0.2, 0) is 38.1 Å². The molecule has 36 heavy (non-hydrogen) atoms. The van der Waals surface area contributed by atoms with Gasteiger partial charge in [-0.15, -0.1) is 0 Å². The van der Waals surface area contributed by atoms with Crippen molar-refractivity contribution in [1.29, 1.82) is 0 Å². The van der Waals surface area contributed by atoms with Crippen molar-refractivity contribution in [2.24, 2.45) is 16.7 Å². The van der Waals surface area contributed by atoms with Crippen molar-refractivity contribution in [2.75, 3.05) is 19.8 Å². The molecule has 1 saturated carbocycles. The zero-order valence-corrected chi connectivity index (χ0v) is 21.2. The van der Waals surface area contributed by atoms with E-state index in [1.54, 1.807) is 13.0 Å². The molecule has 3 heterocycles. The first kappa shape index (κ1) is 25.4. The predicted molar refractivity (Wildman–Crippen MR) is 125 cm³/mol. The minimum absolute atomic E-state index is 0.0180. The molecule has 3 fully saturated rings. The number of carbonyl (C=O) groups is 3. The topological polar surface area (TPSA) is 121 Å². The maximum atomic E-state index is 13.0. The van der Waals surface area contributed by atoms with Crippen LogP contribution in [0, 0.1) is 16.7 Å². The molecule has 0 aromatic heterocycles. The maximum Gasteiger partial charge on any atom is 0.335 e. The van der Waals surface area contributed by atoms with Gasteiger partial charge in [-0.25, -0.2) is 9.59 Å². The van der Waals surface area contributed by atoms with Gasteiger partial charge in [0.25, 0.3) is 0 Å². The summed E-state index contributed by atoms with van der Waals surface area (Å²) in [6, 6.07) is 0. The second-order valence-corrected chi connectivity index (χ2v) is 11.2. The number of carbonyl (C=O) groups excluding carboxylic acids is 3. The Balaban J connectivity index is 1.49. The second kappa shape index (κ2) is 9.26. The van der Waals surface area contributed by atoms with Gasteiger partial charge in [-0.05, 0) is 38.5 Å². The highest BCUT2D eigenvalue weighted by Crippen LogP contribution is 2.72. The summed E-state index contributed by atoms with van der Waals surface area (Å²) >= 11 is 0. The molecule has 0 aromatic carbocycles. The summed E-state index contributed by atoms with van der Waals surface area (Å²) in [5.74, 6) is -2.09. The average Bonchev–Trinajstić information content (AvgIpc) is 3.62. The summed E-state index contributed by atoms with van der Waals surface area (Å²) in [4.78, 5) is 37.7. The van der Waals surface area contributed by atoms with Gasteiger partial charge in [-0.1, -0.05) is 31.6 Å². The number of epoxide rings is 1. The molecule has 8 atom stereocenters. The molecule has 1 N–H and O–H groups in total. The Kier molecular flexibility index (Phi) is 6.54. The fourth-order valence-electron chi connectivity index (χ4n) is 6.80. The lowest BCUT2D eigenvalue weighted by Gasteiger charge is -2.58. The van der Waals surface area contributed by atoms with E-state index >= 15 is 0 Å². The van der Waals surface area contributed by atoms with Crippen LogP contribution in [0.5, 0.6) is 0 Å². The summed E-state index contributed by atoms with van der Waals surface area (Å²) in [6.07, 6.45) is 5.35. The number of ether oxygens (including phenoxy) is 5. The Bertz CT molecular complexity index is 982. The third-order valence-corrected chi connectivity index (χ3v) is 9.33. The number of hydrogen-bond donors (Lipinski definition) is 1. The van der Waals surface area contributed by atoms with E-state index in [9.17, 15) is 19.5 Å². The van der Waals surface area contributed by atoms with Gasteiger partial charge in [0.2, 0.25) is 0 Å². The van der Waals surface area contributed by atoms with Gasteiger partial charge in [0.05, 0.1) is 30.8 Å². The molecule has 198 valence electrons. The Morgan fingerprint density at radius 2 is 1.86 bits per heavy atom. The third-order valence-electron chi connectivity index (χ3n) is 9.33. The Hall–Kier alpha value is -2.23. The minimum Gasteiger partial charge on any atom is -0.463 e. The molecule has 0 unspecified atom stereocenters.